The van der Waals surface area contributed by atoms with Gasteiger partial charge >= 0.3 is 0 Å². The van der Waals surface area contributed by atoms with Gasteiger partial charge in [0.15, 0.2) is 0 Å². The Morgan fingerprint density at radius 3 is 2.64 bits per heavy atom. The van der Waals surface area contributed by atoms with Crippen LogP contribution < -0.4 is 0 Å². The van der Waals surface area contributed by atoms with Gasteiger partial charge in [0.1, 0.15) is 0 Å². The van der Waals surface area contributed by atoms with E-state index < -0.39 is 0 Å². The standard InChI is InChI=1S/C22H22N2S/c1-14(2)21-18-9-8-16(13-17(18)10-11-23-21)12-15(3)22-24-19-6-4-5-7-20(19)25-22/h4-11,13-15H,12H2,1-3H3. The summed E-state index contributed by atoms with van der Waals surface area (Å²) in [5.74, 6) is 0.859. The Bertz CT molecular complexity index is 1000. The van der Waals surface area contributed by atoms with Crippen LogP contribution in [-0.2, 0) is 6.42 Å². The molecule has 2 heterocycles. The summed E-state index contributed by atoms with van der Waals surface area (Å²) < 4.78 is 1.27. The molecule has 0 radical (unpaired) electrons. The lowest BCUT2D eigenvalue weighted by atomic mass is 9.96. The number of aromatic nitrogens is 2. The molecular formula is C22H22N2S. The fraction of sp³-hybridized carbons (Fsp3) is 0.273. The Balaban J connectivity index is 1.63. The van der Waals surface area contributed by atoms with Gasteiger partial charge in [-0.3, -0.25) is 4.98 Å². The highest BCUT2D eigenvalue weighted by molar-refractivity contribution is 7.18. The average Bonchev–Trinajstić information content (AvgIpc) is 3.05. The second-order valence-corrected chi connectivity index (χ2v) is 8.09. The molecule has 0 amide bonds. The van der Waals surface area contributed by atoms with E-state index in [-0.39, 0.29) is 0 Å². The number of para-hydroxylation sites is 1. The first-order valence-corrected chi connectivity index (χ1v) is 9.66. The third-order valence-corrected chi connectivity index (χ3v) is 5.95. The molecule has 0 spiro atoms. The average molecular weight is 346 g/mol. The largest absolute Gasteiger partial charge is 0.260 e. The number of rotatable bonds is 4. The Kier molecular flexibility index (Phi) is 4.26. The summed E-state index contributed by atoms with van der Waals surface area (Å²) in [6, 6.07) is 17.3. The quantitative estimate of drug-likeness (QED) is 0.432. The molecule has 0 bridgehead atoms. The molecular weight excluding hydrogens is 324 g/mol. The number of pyridine rings is 1. The number of hydrogen-bond acceptors (Lipinski definition) is 3. The molecule has 4 rings (SSSR count). The Labute approximate surface area is 152 Å². The van der Waals surface area contributed by atoms with Crippen molar-refractivity contribution in [1.29, 1.82) is 0 Å². The van der Waals surface area contributed by atoms with Gasteiger partial charge in [0.25, 0.3) is 0 Å². The van der Waals surface area contributed by atoms with E-state index in [9.17, 15) is 0 Å². The molecule has 2 aromatic carbocycles. The van der Waals surface area contributed by atoms with Gasteiger partial charge in [-0.2, -0.15) is 0 Å². The van der Waals surface area contributed by atoms with E-state index in [2.05, 4.69) is 74.3 Å². The fourth-order valence-electron chi connectivity index (χ4n) is 3.38. The first-order valence-electron chi connectivity index (χ1n) is 8.85. The maximum atomic E-state index is 4.82. The van der Waals surface area contributed by atoms with Gasteiger partial charge in [0, 0.05) is 17.5 Å². The van der Waals surface area contributed by atoms with Crippen molar-refractivity contribution in [2.45, 2.75) is 39.0 Å². The van der Waals surface area contributed by atoms with Crippen LogP contribution in [-0.4, -0.2) is 9.97 Å². The van der Waals surface area contributed by atoms with Crippen LogP contribution in [0.5, 0.6) is 0 Å². The molecule has 25 heavy (non-hydrogen) atoms. The second-order valence-electron chi connectivity index (χ2n) is 7.03. The summed E-state index contributed by atoms with van der Waals surface area (Å²) in [7, 11) is 0. The van der Waals surface area contributed by atoms with Crippen molar-refractivity contribution in [2.24, 2.45) is 0 Å². The molecule has 3 heteroatoms. The van der Waals surface area contributed by atoms with E-state index in [0.717, 1.165) is 11.9 Å². The van der Waals surface area contributed by atoms with Crippen LogP contribution in [0.3, 0.4) is 0 Å². The molecule has 0 N–H and O–H groups in total. The highest BCUT2D eigenvalue weighted by Gasteiger charge is 2.13. The van der Waals surface area contributed by atoms with E-state index in [1.165, 1.54) is 31.7 Å². The number of benzene rings is 2. The van der Waals surface area contributed by atoms with Crippen LogP contribution in [0.4, 0.5) is 0 Å². The normalized spacial score (nSPS) is 13.0. The smallest absolute Gasteiger partial charge is 0.0970 e. The number of hydrogen-bond donors (Lipinski definition) is 0. The molecule has 4 aromatic rings. The molecule has 2 aromatic heterocycles. The van der Waals surface area contributed by atoms with Gasteiger partial charge < -0.3 is 0 Å². The maximum Gasteiger partial charge on any atom is 0.0970 e. The Hall–Kier alpha value is -2.26. The fourth-order valence-corrected chi connectivity index (χ4v) is 4.40. The van der Waals surface area contributed by atoms with Crippen molar-refractivity contribution in [1.82, 2.24) is 9.97 Å². The third kappa shape index (κ3) is 3.16. The van der Waals surface area contributed by atoms with Crippen molar-refractivity contribution in [3.05, 3.63) is 71.0 Å². The van der Waals surface area contributed by atoms with Gasteiger partial charge in [0.05, 0.1) is 20.9 Å². The molecule has 0 aliphatic carbocycles. The van der Waals surface area contributed by atoms with Crippen molar-refractivity contribution in [2.75, 3.05) is 0 Å². The van der Waals surface area contributed by atoms with E-state index in [1.54, 1.807) is 0 Å². The minimum atomic E-state index is 0.418. The summed E-state index contributed by atoms with van der Waals surface area (Å²) in [5, 5.41) is 3.78. The lowest BCUT2D eigenvalue weighted by molar-refractivity contribution is 0.754. The van der Waals surface area contributed by atoms with Gasteiger partial charge in [-0.05, 0) is 41.5 Å². The van der Waals surface area contributed by atoms with Crippen LogP contribution >= 0.6 is 11.3 Å². The predicted octanol–water partition coefficient (Wildman–Crippen LogP) is 6.31. The first-order chi connectivity index (χ1) is 12.1. The molecule has 1 unspecified atom stereocenters. The zero-order valence-corrected chi connectivity index (χ0v) is 15.7. The Morgan fingerprint density at radius 2 is 1.84 bits per heavy atom. The van der Waals surface area contributed by atoms with Crippen molar-refractivity contribution in [3.8, 4) is 0 Å². The molecule has 0 aliphatic rings. The topological polar surface area (TPSA) is 25.8 Å². The molecule has 0 aliphatic heterocycles. The van der Waals surface area contributed by atoms with Crippen molar-refractivity contribution < 1.29 is 0 Å². The lowest BCUT2D eigenvalue weighted by Crippen LogP contribution is -1.99. The van der Waals surface area contributed by atoms with E-state index in [0.29, 0.717) is 11.8 Å². The zero-order valence-electron chi connectivity index (χ0n) is 14.9. The predicted molar refractivity (Wildman–Crippen MR) is 108 cm³/mol. The Morgan fingerprint density at radius 1 is 1.00 bits per heavy atom. The summed E-state index contributed by atoms with van der Waals surface area (Å²) >= 11 is 1.81. The molecule has 0 saturated heterocycles. The second kappa shape index (κ2) is 6.57. The van der Waals surface area contributed by atoms with Crippen molar-refractivity contribution in [3.63, 3.8) is 0 Å². The number of fused-ring (bicyclic) bond motifs is 2. The SMILES string of the molecule is CC(C)c1nccc2cc(CC(C)c3nc4ccccc4s3)ccc12. The minimum Gasteiger partial charge on any atom is -0.260 e. The van der Waals surface area contributed by atoms with Crippen LogP contribution in [0.15, 0.2) is 54.7 Å². The maximum absolute atomic E-state index is 4.82. The summed E-state index contributed by atoms with van der Waals surface area (Å²) in [6.07, 6.45) is 2.94. The van der Waals surface area contributed by atoms with Gasteiger partial charge in [-0.1, -0.05) is 51.1 Å². The van der Waals surface area contributed by atoms with Crippen LogP contribution in [0, 0.1) is 0 Å². The van der Waals surface area contributed by atoms with Crippen LogP contribution in [0.25, 0.3) is 21.0 Å². The third-order valence-electron chi connectivity index (χ3n) is 4.68. The van der Waals surface area contributed by atoms with E-state index in [4.69, 9.17) is 4.98 Å². The zero-order chi connectivity index (χ0) is 17.4. The van der Waals surface area contributed by atoms with Crippen molar-refractivity contribution >= 4 is 32.3 Å². The highest BCUT2D eigenvalue weighted by atomic mass is 32.1. The lowest BCUT2D eigenvalue weighted by Gasteiger charge is -2.12. The van der Waals surface area contributed by atoms with E-state index in [1.807, 2.05) is 17.5 Å². The highest BCUT2D eigenvalue weighted by Crippen LogP contribution is 2.30. The van der Waals surface area contributed by atoms with Gasteiger partial charge in [-0.15, -0.1) is 11.3 Å². The van der Waals surface area contributed by atoms with E-state index >= 15 is 0 Å². The first kappa shape index (κ1) is 16.2. The summed E-state index contributed by atoms with van der Waals surface area (Å²) in [6.45, 7) is 6.67. The summed E-state index contributed by atoms with van der Waals surface area (Å²) in [5.41, 5.74) is 3.66. The van der Waals surface area contributed by atoms with Crippen LogP contribution in [0.1, 0.15) is 48.9 Å². The number of nitrogens with zero attached hydrogens (tertiary/aromatic N) is 2. The molecule has 2 nitrogen and oxygen atoms in total. The molecule has 0 saturated carbocycles. The number of thiazole rings is 1. The summed E-state index contributed by atoms with van der Waals surface area (Å²) in [4.78, 5) is 9.38. The molecule has 126 valence electrons. The molecule has 0 fully saturated rings. The minimum absolute atomic E-state index is 0.418. The van der Waals surface area contributed by atoms with Crippen LogP contribution in [0.2, 0.25) is 0 Å². The van der Waals surface area contributed by atoms with Gasteiger partial charge in [-0.25, -0.2) is 4.98 Å². The molecule has 1 atom stereocenters. The van der Waals surface area contributed by atoms with Gasteiger partial charge in [0.2, 0.25) is 0 Å². The monoisotopic (exact) mass is 346 g/mol.